The summed E-state index contributed by atoms with van der Waals surface area (Å²) in [5.41, 5.74) is 8.62. The molecule has 2 aromatic carbocycles. The highest BCUT2D eigenvalue weighted by atomic mass is 16.5. The third kappa shape index (κ3) is 6.57. The lowest BCUT2D eigenvalue weighted by Gasteiger charge is -2.29. The number of ether oxygens (including phenoxy) is 1. The van der Waals surface area contributed by atoms with Crippen molar-refractivity contribution < 1.29 is 4.74 Å². The number of nitrogens with zero attached hydrogens (tertiary/aromatic N) is 2. The highest BCUT2D eigenvalue weighted by Crippen LogP contribution is 2.33. The number of unbranched alkanes of at least 4 members (excludes halogenated alkanes) is 1. The number of aromatic nitrogens is 1. The molecule has 3 nitrogen and oxygen atoms in total. The van der Waals surface area contributed by atoms with Crippen molar-refractivity contribution in [3.8, 4) is 0 Å². The minimum absolute atomic E-state index is 0.778. The fraction of sp³-hybridized carbons (Fsp3) is 0.387. The second-order valence-electron chi connectivity index (χ2n) is 8.88. The van der Waals surface area contributed by atoms with Crippen LogP contribution in [-0.4, -0.2) is 31.3 Å². The fourth-order valence-corrected chi connectivity index (χ4v) is 4.09. The summed E-state index contributed by atoms with van der Waals surface area (Å²) in [5.74, 6) is 0. The Balaban J connectivity index is 0.000000751. The number of anilines is 1. The van der Waals surface area contributed by atoms with Crippen LogP contribution in [0.5, 0.6) is 0 Å². The summed E-state index contributed by atoms with van der Waals surface area (Å²) in [4.78, 5) is 7.03. The highest BCUT2D eigenvalue weighted by Gasteiger charge is 2.15. The van der Waals surface area contributed by atoms with Gasteiger partial charge in [0.2, 0.25) is 0 Å². The summed E-state index contributed by atoms with van der Waals surface area (Å²) in [6, 6.07) is 17.5. The number of benzene rings is 2. The van der Waals surface area contributed by atoms with E-state index in [1.165, 1.54) is 51.8 Å². The molecule has 1 aromatic heterocycles. The molecule has 3 aromatic rings. The van der Waals surface area contributed by atoms with Crippen molar-refractivity contribution >= 4 is 27.7 Å². The summed E-state index contributed by atoms with van der Waals surface area (Å²) in [6.45, 7) is 14.3. The summed E-state index contributed by atoms with van der Waals surface area (Å²) in [6.07, 6.45) is 10.1. The third-order valence-electron chi connectivity index (χ3n) is 6.26. The SMILES string of the molecule is CC/C=C\C(=C(/C)c1cccc(C)c1)c1ccc2nccc(N3CCOCC3)c2c1.CCCC. The minimum atomic E-state index is 0.778. The number of allylic oxidation sites excluding steroid dienone is 4. The van der Waals surface area contributed by atoms with Crippen LogP contribution >= 0.6 is 0 Å². The molecule has 2 heterocycles. The fourth-order valence-electron chi connectivity index (χ4n) is 4.09. The van der Waals surface area contributed by atoms with Gasteiger partial charge in [0.05, 0.1) is 18.7 Å². The van der Waals surface area contributed by atoms with Crippen LogP contribution < -0.4 is 4.90 Å². The first-order chi connectivity index (χ1) is 16.6. The van der Waals surface area contributed by atoms with Gasteiger partial charge in [-0.05, 0) is 60.7 Å². The van der Waals surface area contributed by atoms with Crippen molar-refractivity contribution in [1.29, 1.82) is 0 Å². The van der Waals surface area contributed by atoms with Crippen molar-refractivity contribution in [2.45, 2.75) is 53.9 Å². The van der Waals surface area contributed by atoms with Crippen LogP contribution in [-0.2, 0) is 4.74 Å². The van der Waals surface area contributed by atoms with Gasteiger partial charge >= 0.3 is 0 Å². The molecule has 0 amide bonds. The first-order valence-corrected chi connectivity index (χ1v) is 12.7. The average molecular weight is 457 g/mol. The zero-order valence-corrected chi connectivity index (χ0v) is 21.6. The molecule has 3 heteroatoms. The number of rotatable bonds is 6. The van der Waals surface area contributed by atoms with E-state index in [1.54, 1.807) is 0 Å². The Hall–Kier alpha value is -2.91. The van der Waals surface area contributed by atoms with E-state index in [-0.39, 0.29) is 0 Å². The van der Waals surface area contributed by atoms with Crippen LogP contribution in [0.25, 0.3) is 22.0 Å². The molecule has 0 atom stereocenters. The molecule has 0 N–H and O–H groups in total. The molecule has 0 saturated carbocycles. The maximum Gasteiger partial charge on any atom is 0.0723 e. The third-order valence-corrected chi connectivity index (χ3v) is 6.26. The number of hydrogen-bond donors (Lipinski definition) is 0. The smallest absolute Gasteiger partial charge is 0.0723 e. The van der Waals surface area contributed by atoms with E-state index in [1.807, 2.05) is 6.20 Å². The molecular weight excluding hydrogens is 416 g/mol. The topological polar surface area (TPSA) is 25.4 Å². The molecule has 34 heavy (non-hydrogen) atoms. The van der Waals surface area contributed by atoms with Crippen LogP contribution in [0.15, 0.2) is 66.9 Å². The maximum atomic E-state index is 5.56. The summed E-state index contributed by atoms with van der Waals surface area (Å²) < 4.78 is 5.56. The molecule has 1 fully saturated rings. The van der Waals surface area contributed by atoms with Crippen molar-refractivity contribution in [3.05, 3.63) is 83.6 Å². The second-order valence-corrected chi connectivity index (χ2v) is 8.88. The van der Waals surface area contributed by atoms with Gasteiger partial charge in [-0.15, -0.1) is 0 Å². The van der Waals surface area contributed by atoms with Gasteiger partial charge in [-0.2, -0.15) is 0 Å². The normalized spacial score (nSPS) is 14.7. The number of aryl methyl sites for hydroxylation is 1. The van der Waals surface area contributed by atoms with Gasteiger partial charge in [-0.3, -0.25) is 4.98 Å². The van der Waals surface area contributed by atoms with Crippen LogP contribution in [0.1, 0.15) is 63.6 Å². The van der Waals surface area contributed by atoms with Crippen LogP contribution in [0.4, 0.5) is 5.69 Å². The molecule has 0 unspecified atom stereocenters. The Labute approximate surface area is 206 Å². The lowest BCUT2D eigenvalue weighted by molar-refractivity contribution is 0.123. The second kappa shape index (κ2) is 13.1. The van der Waals surface area contributed by atoms with Gasteiger partial charge in [0.15, 0.2) is 0 Å². The quantitative estimate of drug-likeness (QED) is 0.277. The molecule has 4 rings (SSSR count). The van der Waals surface area contributed by atoms with E-state index in [9.17, 15) is 0 Å². The zero-order chi connectivity index (χ0) is 24.3. The summed E-state index contributed by atoms with van der Waals surface area (Å²) in [7, 11) is 0. The largest absolute Gasteiger partial charge is 0.378 e. The molecule has 0 radical (unpaired) electrons. The molecule has 0 spiro atoms. The molecule has 0 bridgehead atoms. The lowest BCUT2D eigenvalue weighted by Crippen LogP contribution is -2.36. The maximum absolute atomic E-state index is 5.56. The predicted octanol–water partition coefficient (Wildman–Crippen LogP) is 8.08. The standard InChI is InChI=1S/C27H30N2O.C4H10/c1-4-5-9-24(21(3)22-8-6-7-20(2)18-22)23-10-11-26-25(19-23)27(12-13-28-26)29-14-16-30-17-15-29;1-3-4-2/h5-13,18-19H,4,14-17H2,1-3H3;3-4H2,1-2H3/b9-5-,24-21-;. The minimum Gasteiger partial charge on any atom is -0.378 e. The zero-order valence-electron chi connectivity index (χ0n) is 21.6. The van der Waals surface area contributed by atoms with Crippen molar-refractivity contribution in [2.75, 3.05) is 31.2 Å². The Morgan fingerprint density at radius 2 is 1.74 bits per heavy atom. The Bertz CT molecular complexity index is 1120. The Morgan fingerprint density at radius 1 is 0.971 bits per heavy atom. The lowest BCUT2D eigenvalue weighted by atomic mass is 9.93. The molecule has 0 aliphatic carbocycles. The molecule has 1 saturated heterocycles. The van der Waals surface area contributed by atoms with E-state index in [0.29, 0.717) is 0 Å². The number of fused-ring (bicyclic) bond motifs is 1. The molecule has 1 aliphatic heterocycles. The van der Waals surface area contributed by atoms with Gasteiger partial charge in [-0.25, -0.2) is 0 Å². The van der Waals surface area contributed by atoms with Gasteiger partial charge in [-0.1, -0.05) is 81.7 Å². The van der Waals surface area contributed by atoms with Crippen molar-refractivity contribution in [3.63, 3.8) is 0 Å². The first kappa shape index (κ1) is 25.7. The molecule has 1 aliphatic rings. The molecular formula is C31H40N2O. The monoisotopic (exact) mass is 456 g/mol. The average Bonchev–Trinajstić information content (AvgIpc) is 2.89. The summed E-state index contributed by atoms with van der Waals surface area (Å²) >= 11 is 0. The van der Waals surface area contributed by atoms with E-state index < -0.39 is 0 Å². The van der Waals surface area contributed by atoms with Gasteiger partial charge in [0.25, 0.3) is 0 Å². The Kier molecular flexibility index (Phi) is 9.90. The van der Waals surface area contributed by atoms with Crippen molar-refractivity contribution in [2.24, 2.45) is 0 Å². The van der Waals surface area contributed by atoms with E-state index in [2.05, 4.69) is 105 Å². The number of pyridine rings is 1. The summed E-state index contributed by atoms with van der Waals surface area (Å²) in [5, 5.41) is 1.20. The van der Waals surface area contributed by atoms with Crippen molar-refractivity contribution in [1.82, 2.24) is 4.98 Å². The van der Waals surface area contributed by atoms with Crippen LogP contribution in [0.2, 0.25) is 0 Å². The van der Waals surface area contributed by atoms with Gasteiger partial charge < -0.3 is 9.64 Å². The van der Waals surface area contributed by atoms with Gasteiger partial charge in [0.1, 0.15) is 0 Å². The van der Waals surface area contributed by atoms with Crippen LogP contribution in [0.3, 0.4) is 0 Å². The van der Waals surface area contributed by atoms with Crippen LogP contribution in [0, 0.1) is 6.92 Å². The number of morpholine rings is 1. The van der Waals surface area contributed by atoms with E-state index >= 15 is 0 Å². The number of hydrogen-bond acceptors (Lipinski definition) is 3. The first-order valence-electron chi connectivity index (χ1n) is 12.7. The molecule has 180 valence electrons. The van der Waals surface area contributed by atoms with E-state index in [0.717, 1.165) is 38.2 Å². The van der Waals surface area contributed by atoms with Gasteiger partial charge in [0, 0.05) is 30.4 Å². The predicted molar refractivity (Wildman–Crippen MR) is 148 cm³/mol. The Morgan fingerprint density at radius 3 is 2.41 bits per heavy atom. The van der Waals surface area contributed by atoms with E-state index in [4.69, 9.17) is 4.74 Å². The highest BCUT2D eigenvalue weighted by molar-refractivity contribution is 5.99.